The standard InChI is InChI=1S/C25H28ClN7O5/c1-13-10-29-18(14(2)20(13)38-3)12-33-22-19(21(26)30-25(27)31-22)17(24(33)37)9-16-8-15(11-28-16)23(36)32(4-6-34)5-7-35/h8-11,28,34-35H,4-7,12H2,1-3H3,(H2,27,30,31)/b17-9+. The summed E-state index contributed by atoms with van der Waals surface area (Å²) < 4.78 is 5.50. The number of nitrogens with zero attached hydrogens (tertiary/aromatic N) is 5. The maximum absolute atomic E-state index is 13.7. The highest BCUT2D eigenvalue weighted by Gasteiger charge is 2.37. The van der Waals surface area contributed by atoms with Gasteiger partial charge >= 0.3 is 0 Å². The van der Waals surface area contributed by atoms with Gasteiger partial charge in [-0.05, 0) is 26.0 Å². The average molecular weight is 542 g/mol. The monoisotopic (exact) mass is 541 g/mol. The number of aryl methyl sites for hydroxylation is 1. The van der Waals surface area contributed by atoms with Gasteiger partial charge in [0.05, 0.1) is 49.3 Å². The molecule has 0 radical (unpaired) electrons. The van der Waals surface area contributed by atoms with Crippen molar-refractivity contribution in [1.82, 2.24) is 24.8 Å². The summed E-state index contributed by atoms with van der Waals surface area (Å²) in [5.41, 5.74) is 9.40. The Morgan fingerprint density at radius 1 is 1.26 bits per heavy atom. The third kappa shape index (κ3) is 5.05. The van der Waals surface area contributed by atoms with E-state index in [1.54, 1.807) is 25.4 Å². The number of carbonyl (C=O) groups excluding carboxylic acids is 2. The summed E-state index contributed by atoms with van der Waals surface area (Å²) in [5.74, 6) is 0.0712. The van der Waals surface area contributed by atoms with Crippen molar-refractivity contribution < 1.29 is 24.5 Å². The molecule has 13 heteroatoms. The smallest absolute Gasteiger partial charge is 0.260 e. The van der Waals surface area contributed by atoms with E-state index in [0.29, 0.717) is 28.3 Å². The highest BCUT2D eigenvalue weighted by Crippen LogP contribution is 2.41. The fourth-order valence-corrected chi connectivity index (χ4v) is 4.66. The summed E-state index contributed by atoms with van der Waals surface area (Å²) in [4.78, 5) is 45.0. The summed E-state index contributed by atoms with van der Waals surface area (Å²) >= 11 is 6.43. The predicted octanol–water partition coefficient (Wildman–Crippen LogP) is 1.57. The Bertz CT molecular complexity index is 1420. The van der Waals surface area contributed by atoms with E-state index in [0.717, 1.165) is 11.1 Å². The molecule has 1 aliphatic rings. The van der Waals surface area contributed by atoms with Gasteiger partial charge in [0.2, 0.25) is 5.95 Å². The number of methoxy groups -OCH3 is 1. The first kappa shape index (κ1) is 27.0. The number of aromatic nitrogens is 4. The molecule has 38 heavy (non-hydrogen) atoms. The molecule has 12 nitrogen and oxygen atoms in total. The second-order valence-corrected chi connectivity index (χ2v) is 9.01. The Balaban J connectivity index is 1.72. The lowest BCUT2D eigenvalue weighted by atomic mass is 10.1. The number of pyridine rings is 1. The molecule has 5 N–H and O–H groups in total. The zero-order valence-electron chi connectivity index (χ0n) is 21.2. The molecule has 3 aromatic heterocycles. The van der Waals surface area contributed by atoms with E-state index in [1.165, 1.54) is 16.0 Å². The molecule has 4 heterocycles. The van der Waals surface area contributed by atoms with Crippen LogP contribution in [-0.2, 0) is 11.3 Å². The lowest BCUT2D eigenvalue weighted by Gasteiger charge is -2.19. The van der Waals surface area contributed by atoms with Crippen molar-refractivity contribution >= 4 is 46.8 Å². The molecule has 0 saturated heterocycles. The number of aromatic amines is 1. The van der Waals surface area contributed by atoms with E-state index >= 15 is 0 Å². The van der Waals surface area contributed by atoms with Crippen LogP contribution in [0.1, 0.15) is 38.4 Å². The van der Waals surface area contributed by atoms with Gasteiger partial charge < -0.3 is 30.6 Å². The van der Waals surface area contributed by atoms with Gasteiger partial charge in [-0.15, -0.1) is 0 Å². The van der Waals surface area contributed by atoms with Crippen molar-refractivity contribution in [3.8, 4) is 5.75 Å². The van der Waals surface area contributed by atoms with Gasteiger partial charge in [0, 0.05) is 42.3 Å². The molecule has 0 spiro atoms. The van der Waals surface area contributed by atoms with Crippen molar-refractivity contribution in [3.05, 3.63) is 57.3 Å². The summed E-state index contributed by atoms with van der Waals surface area (Å²) in [6.45, 7) is 3.51. The molecule has 0 aromatic carbocycles. The van der Waals surface area contributed by atoms with Crippen LogP contribution in [-0.4, -0.2) is 80.3 Å². The van der Waals surface area contributed by atoms with Crippen LogP contribution in [0.15, 0.2) is 18.5 Å². The van der Waals surface area contributed by atoms with Crippen LogP contribution < -0.4 is 15.4 Å². The fraction of sp³-hybridized carbons (Fsp3) is 0.320. The zero-order chi connectivity index (χ0) is 27.6. The van der Waals surface area contributed by atoms with Crippen LogP contribution in [0, 0.1) is 13.8 Å². The van der Waals surface area contributed by atoms with E-state index in [4.69, 9.17) is 22.1 Å². The van der Waals surface area contributed by atoms with Crippen LogP contribution in [0.2, 0.25) is 5.15 Å². The molecule has 3 aromatic rings. The van der Waals surface area contributed by atoms with Crippen LogP contribution in [0.5, 0.6) is 5.75 Å². The van der Waals surface area contributed by atoms with Gasteiger partial charge in [-0.2, -0.15) is 4.98 Å². The number of hydrogen-bond acceptors (Lipinski definition) is 9. The highest BCUT2D eigenvalue weighted by atomic mass is 35.5. The number of fused-ring (bicyclic) bond motifs is 1. The lowest BCUT2D eigenvalue weighted by molar-refractivity contribution is -0.113. The van der Waals surface area contributed by atoms with Crippen molar-refractivity contribution in [2.24, 2.45) is 0 Å². The minimum atomic E-state index is -0.396. The minimum absolute atomic E-state index is 0.0145. The number of rotatable bonds is 9. The predicted molar refractivity (Wildman–Crippen MR) is 142 cm³/mol. The maximum Gasteiger partial charge on any atom is 0.260 e. The Morgan fingerprint density at radius 2 is 1.97 bits per heavy atom. The number of hydrogen-bond donors (Lipinski definition) is 4. The fourth-order valence-electron chi connectivity index (χ4n) is 4.39. The number of nitrogen functional groups attached to an aromatic ring is 1. The van der Waals surface area contributed by atoms with Gasteiger partial charge in [-0.3, -0.25) is 19.5 Å². The SMILES string of the molecule is COc1c(C)cnc(CN2C(=O)/C(=C/c3cc(C(=O)N(CCO)CCO)c[nH]3)c3c(Cl)nc(N)nc32)c1C. The van der Waals surface area contributed by atoms with Crippen LogP contribution in [0.4, 0.5) is 11.8 Å². The number of H-pyrrole nitrogens is 1. The molecule has 0 unspecified atom stereocenters. The van der Waals surface area contributed by atoms with E-state index in [1.807, 2.05) is 13.8 Å². The van der Waals surface area contributed by atoms with Gasteiger partial charge in [0.1, 0.15) is 10.9 Å². The number of aliphatic hydroxyl groups excluding tert-OH is 2. The largest absolute Gasteiger partial charge is 0.496 e. The summed E-state index contributed by atoms with van der Waals surface area (Å²) in [7, 11) is 1.58. The van der Waals surface area contributed by atoms with Crippen molar-refractivity contribution in [2.75, 3.05) is 44.0 Å². The summed E-state index contributed by atoms with van der Waals surface area (Å²) in [6.07, 6.45) is 4.72. The molecule has 0 saturated carbocycles. The number of anilines is 2. The Kier molecular flexibility index (Phi) is 7.95. The molecule has 0 atom stereocenters. The quantitative estimate of drug-likeness (QED) is 0.232. The van der Waals surface area contributed by atoms with E-state index in [2.05, 4.69) is 19.9 Å². The van der Waals surface area contributed by atoms with Gasteiger partial charge in [0.25, 0.3) is 11.8 Å². The van der Waals surface area contributed by atoms with Crippen molar-refractivity contribution in [2.45, 2.75) is 20.4 Å². The Morgan fingerprint density at radius 3 is 2.63 bits per heavy atom. The molecule has 2 amide bonds. The summed E-state index contributed by atoms with van der Waals surface area (Å²) in [5, 5.41) is 18.5. The molecule has 1 aliphatic heterocycles. The zero-order valence-corrected chi connectivity index (χ0v) is 21.9. The normalized spacial score (nSPS) is 13.8. The minimum Gasteiger partial charge on any atom is -0.496 e. The van der Waals surface area contributed by atoms with Crippen LogP contribution in [0.3, 0.4) is 0 Å². The van der Waals surface area contributed by atoms with Crippen molar-refractivity contribution in [1.29, 1.82) is 0 Å². The maximum atomic E-state index is 13.7. The number of ether oxygens (including phenoxy) is 1. The molecule has 4 rings (SSSR count). The second kappa shape index (κ2) is 11.2. The van der Waals surface area contributed by atoms with Crippen LogP contribution >= 0.6 is 11.6 Å². The molecule has 0 fully saturated rings. The number of nitrogens with two attached hydrogens (primary N) is 1. The Labute approximate surface area is 223 Å². The van der Waals surface area contributed by atoms with Gasteiger partial charge in [0.15, 0.2) is 5.82 Å². The lowest BCUT2D eigenvalue weighted by Crippen LogP contribution is -2.35. The number of aliphatic hydroxyl groups is 2. The number of halogens is 1. The van der Waals surface area contributed by atoms with Gasteiger partial charge in [-0.1, -0.05) is 11.6 Å². The molecule has 0 aliphatic carbocycles. The number of nitrogens with one attached hydrogen (secondary N) is 1. The highest BCUT2D eigenvalue weighted by molar-refractivity contribution is 6.41. The van der Waals surface area contributed by atoms with E-state index in [9.17, 15) is 19.8 Å². The molecule has 200 valence electrons. The Hall–Kier alpha value is -4.00. The first-order valence-electron chi connectivity index (χ1n) is 11.8. The molecule has 0 bridgehead atoms. The molecular weight excluding hydrogens is 514 g/mol. The van der Waals surface area contributed by atoms with Crippen molar-refractivity contribution in [3.63, 3.8) is 0 Å². The third-order valence-corrected chi connectivity index (χ3v) is 6.47. The summed E-state index contributed by atoms with van der Waals surface area (Å²) in [6, 6.07) is 1.56. The first-order chi connectivity index (χ1) is 18.2. The topological polar surface area (TPSA) is 171 Å². The van der Waals surface area contributed by atoms with Gasteiger partial charge in [-0.25, -0.2) is 4.98 Å². The number of carbonyl (C=O) groups is 2. The first-order valence-corrected chi connectivity index (χ1v) is 12.1. The second-order valence-electron chi connectivity index (χ2n) is 8.65. The third-order valence-electron chi connectivity index (χ3n) is 6.20. The number of amides is 2. The van der Waals surface area contributed by atoms with Crippen LogP contribution in [0.25, 0.3) is 11.6 Å². The van der Waals surface area contributed by atoms with E-state index < -0.39 is 5.91 Å². The average Bonchev–Trinajstić information content (AvgIpc) is 3.44. The van der Waals surface area contributed by atoms with E-state index in [-0.39, 0.29) is 61.2 Å². The molecular formula is C25H28ClN7O5.